The number of hydrogen-bond donors (Lipinski definition) is 1. The van der Waals surface area contributed by atoms with Crippen LogP contribution in [-0.4, -0.2) is 18.0 Å². The predicted octanol–water partition coefficient (Wildman–Crippen LogP) is 4.53. The summed E-state index contributed by atoms with van der Waals surface area (Å²) in [5, 5.41) is 11.5. The highest BCUT2D eigenvalue weighted by Gasteiger charge is 2.19. The number of nitrogens with one attached hydrogen (secondary N) is 1. The molecule has 0 bridgehead atoms. The lowest BCUT2D eigenvalue weighted by molar-refractivity contribution is -0.123. The number of nitriles is 1. The predicted molar refractivity (Wildman–Crippen MR) is 108 cm³/mol. The molecule has 1 atom stereocenters. The summed E-state index contributed by atoms with van der Waals surface area (Å²) in [6.07, 6.45) is -0.988. The molecule has 0 aliphatic carbocycles. The van der Waals surface area contributed by atoms with Gasteiger partial charge in [0.1, 0.15) is 11.5 Å². The Morgan fingerprint density at radius 1 is 0.897 bits per heavy atom. The highest BCUT2D eigenvalue weighted by Crippen LogP contribution is 2.22. The first-order valence-electron chi connectivity index (χ1n) is 8.90. The van der Waals surface area contributed by atoms with Gasteiger partial charge in [0.05, 0.1) is 17.2 Å². The highest BCUT2D eigenvalue weighted by molar-refractivity contribution is 5.97. The van der Waals surface area contributed by atoms with Crippen LogP contribution in [0, 0.1) is 11.3 Å². The zero-order valence-corrected chi connectivity index (χ0v) is 15.7. The molecule has 0 saturated carbocycles. The Kier molecular flexibility index (Phi) is 6.23. The zero-order chi connectivity index (χ0) is 20.6. The number of para-hydroxylation sites is 1. The number of rotatable bonds is 6. The van der Waals surface area contributed by atoms with Crippen LogP contribution in [0.15, 0.2) is 78.9 Å². The van der Waals surface area contributed by atoms with Crippen molar-refractivity contribution in [3.63, 3.8) is 0 Å². The van der Waals surface area contributed by atoms with Gasteiger partial charge in [0.25, 0.3) is 5.91 Å². The molecule has 6 nitrogen and oxygen atoms in total. The van der Waals surface area contributed by atoms with E-state index in [1.807, 2.05) is 36.4 Å². The van der Waals surface area contributed by atoms with Crippen molar-refractivity contribution in [1.29, 1.82) is 5.26 Å². The topological polar surface area (TPSA) is 88.4 Å². The molecule has 0 radical (unpaired) electrons. The lowest BCUT2D eigenvalue weighted by atomic mass is 10.1. The van der Waals surface area contributed by atoms with Crippen molar-refractivity contribution in [3.05, 3.63) is 90.0 Å². The van der Waals surface area contributed by atoms with Crippen LogP contribution >= 0.6 is 0 Å². The van der Waals surface area contributed by atoms with E-state index in [9.17, 15) is 9.59 Å². The molecule has 0 aromatic heterocycles. The lowest BCUT2D eigenvalue weighted by Gasteiger charge is -2.14. The molecule has 0 spiro atoms. The summed E-state index contributed by atoms with van der Waals surface area (Å²) in [7, 11) is 0. The van der Waals surface area contributed by atoms with Gasteiger partial charge in [-0.3, -0.25) is 4.79 Å². The molecule has 6 heteroatoms. The van der Waals surface area contributed by atoms with Gasteiger partial charge in [-0.1, -0.05) is 18.2 Å². The van der Waals surface area contributed by atoms with E-state index in [0.717, 1.165) is 0 Å². The van der Waals surface area contributed by atoms with E-state index in [2.05, 4.69) is 5.32 Å². The smallest absolute Gasteiger partial charge is 0.338 e. The van der Waals surface area contributed by atoms with Crippen molar-refractivity contribution < 1.29 is 19.1 Å². The van der Waals surface area contributed by atoms with E-state index < -0.39 is 18.0 Å². The fraction of sp³-hybridized carbons (Fsp3) is 0.0870. The van der Waals surface area contributed by atoms with E-state index in [4.69, 9.17) is 14.7 Å². The fourth-order valence-corrected chi connectivity index (χ4v) is 2.44. The number of carbonyl (C=O) groups is 2. The van der Waals surface area contributed by atoms with Crippen molar-refractivity contribution >= 4 is 17.6 Å². The van der Waals surface area contributed by atoms with Gasteiger partial charge >= 0.3 is 5.97 Å². The van der Waals surface area contributed by atoms with Crippen LogP contribution in [0.3, 0.4) is 0 Å². The summed E-state index contributed by atoms with van der Waals surface area (Å²) < 4.78 is 10.9. The Labute approximate surface area is 168 Å². The fourth-order valence-electron chi connectivity index (χ4n) is 2.44. The summed E-state index contributed by atoms with van der Waals surface area (Å²) in [5.41, 5.74) is 1.26. The van der Waals surface area contributed by atoms with Crippen LogP contribution in [0.4, 0.5) is 5.69 Å². The molecular formula is C23H18N2O4. The summed E-state index contributed by atoms with van der Waals surface area (Å²) >= 11 is 0. The van der Waals surface area contributed by atoms with Gasteiger partial charge < -0.3 is 14.8 Å². The molecule has 144 valence electrons. The maximum Gasteiger partial charge on any atom is 0.338 e. The van der Waals surface area contributed by atoms with Gasteiger partial charge in [-0.15, -0.1) is 0 Å². The number of hydrogen-bond acceptors (Lipinski definition) is 5. The first-order valence-corrected chi connectivity index (χ1v) is 8.90. The molecule has 0 aliphatic rings. The van der Waals surface area contributed by atoms with Crippen LogP contribution in [0.1, 0.15) is 22.8 Å². The average Bonchev–Trinajstić information content (AvgIpc) is 2.75. The van der Waals surface area contributed by atoms with Gasteiger partial charge in [0.2, 0.25) is 0 Å². The van der Waals surface area contributed by atoms with E-state index in [1.54, 1.807) is 24.3 Å². The molecule has 0 heterocycles. The van der Waals surface area contributed by atoms with E-state index in [0.29, 0.717) is 22.7 Å². The van der Waals surface area contributed by atoms with Crippen LogP contribution in [0.5, 0.6) is 11.5 Å². The molecule has 3 rings (SSSR count). The van der Waals surface area contributed by atoms with Crippen LogP contribution < -0.4 is 10.1 Å². The van der Waals surface area contributed by atoms with Gasteiger partial charge in [-0.05, 0) is 67.6 Å². The number of nitrogens with zero attached hydrogens (tertiary/aromatic N) is 1. The second-order valence-corrected chi connectivity index (χ2v) is 6.17. The normalized spacial score (nSPS) is 11.0. The van der Waals surface area contributed by atoms with Crippen molar-refractivity contribution in [2.45, 2.75) is 13.0 Å². The molecule has 0 saturated heterocycles. The minimum atomic E-state index is -0.988. The Morgan fingerprint density at radius 3 is 2.14 bits per heavy atom. The molecule has 3 aromatic carbocycles. The molecule has 29 heavy (non-hydrogen) atoms. The first kappa shape index (κ1) is 19.6. The second kappa shape index (κ2) is 9.20. The summed E-state index contributed by atoms with van der Waals surface area (Å²) in [5.74, 6) is 0.259. The minimum absolute atomic E-state index is 0.270. The number of ether oxygens (including phenoxy) is 2. The quantitative estimate of drug-likeness (QED) is 0.629. The lowest BCUT2D eigenvalue weighted by Crippen LogP contribution is -2.30. The van der Waals surface area contributed by atoms with Crippen molar-refractivity contribution in [2.75, 3.05) is 5.32 Å². The monoisotopic (exact) mass is 386 g/mol. The van der Waals surface area contributed by atoms with Crippen molar-refractivity contribution in [2.24, 2.45) is 0 Å². The Bertz CT molecular complexity index is 1020. The molecule has 0 aliphatic heterocycles. The minimum Gasteiger partial charge on any atom is -0.457 e. The van der Waals surface area contributed by atoms with Gasteiger partial charge in [0.15, 0.2) is 6.10 Å². The third kappa shape index (κ3) is 5.44. The summed E-state index contributed by atoms with van der Waals surface area (Å²) in [6.45, 7) is 1.49. The van der Waals surface area contributed by atoms with E-state index >= 15 is 0 Å². The number of anilines is 1. The maximum atomic E-state index is 12.3. The standard InChI is InChI=1S/C23H18N2O4/c1-16(28-23(27)18-9-7-17(15-24)8-10-18)22(26)25-19-11-13-21(14-12-19)29-20-5-3-2-4-6-20/h2-14,16H,1H3,(H,25,26)/t16-/m1/s1. The molecule has 0 fully saturated rings. The first-order chi connectivity index (χ1) is 14.0. The van der Waals surface area contributed by atoms with Crippen LogP contribution in [0.25, 0.3) is 0 Å². The largest absolute Gasteiger partial charge is 0.457 e. The van der Waals surface area contributed by atoms with E-state index in [1.165, 1.54) is 31.2 Å². The molecule has 3 aromatic rings. The SMILES string of the molecule is C[C@@H](OC(=O)c1ccc(C#N)cc1)C(=O)Nc1ccc(Oc2ccccc2)cc1. The number of benzene rings is 3. The second-order valence-electron chi connectivity index (χ2n) is 6.17. The van der Waals surface area contributed by atoms with Crippen molar-refractivity contribution in [3.8, 4) is 17.6 Å². The molecule has 0 unspecified atom stereocenters. The number of amides is 1. The van der Waals surface area contributed by atoms with Gasteiger partial charge in [-0.2, -0.15) is 5.26 Å². The Hall–Kier alpha value is -4.11. The Balaban J connectivity index is 1.54. The van der Waals surface area contributed by atoms with E-state index in [-0.39, 0.29) is 5.56 Å². The van der Waals surface area contributed by atoms with Crippen molar-refractivity contribution in [1.82, 2.24) is 0 Å². The number of esters is 1. The van der Waals surface area contributed by atoms with Gasteiger partial charge in [0, 0.05) is 5.69 Å². The average molecular weight is 386 g/mol. The van der Waals surface area contributed by atoms with Crippen LogP contribution in [0.2, 0.25) is 0 Å². The molecule has 1 N–H and O–H groups in total. The maximum absolute atomic E-state index is 12.3. The Morgan fingerprint density at radius 2 is 1.52 bits per heavy atom. The third-order valence-electron chi connectivity index (χ3n) is 4.00. The van der Waals surface area contributed by atoms with Gasteiger partial charge in [-0.25, -0.2) is 4.79 Å². The number of carbonyl (C=O) groups excluding carboxylic acids is 2. The van der Waals surface area contributed by atoms with Crippen LogP contribution in [-0.2, 0) is 9.53 Å². The molecule has 1 amide bonds. The zero-order valence-electron chi connectivity index (χ0n) is 15.7. The summed E-state index contributed by atoms with van der Waals surface area (Å²) in [4.78, 5) is 24.4. The summed E-state index contributed by atoms with van der Waals surface area (Å²) in [6, 6.07) is 24.2. The highest BCUT2D eigenvalue weighted by atomic mass is 16.5. The molecular weight excluding hydrogens is 368 g/mol. The third-order valence-corrected chi connectivity index (χ3v) is 4.00.